The minimum Gasteiger partial charge on any atom is -0.299 e. The summed E-state index contributed by atoms with van der Waals surface area (Å²) in [7, 11) is 0. The van der Waals surface area contributed by atoms with Crippen LogP contribution >= 0.6 is 0 Å². The van der Waals surface area contributed by atoms with Gasteiger partial charge in [-0.25, -0.2) is 0 Å². The number of carbonyl (C=O) groups excluding carboxylic acids is 1. The first-order chi connectivity index (χ1) is 6.31. The lowest BCUT2D eigenvalue weighted by Crippen LogP contribution is -2.32. The van der Waals surface area contributed by atoms with E-state index in [4.69, 9.17) is 0 Å². The maximum atomic E-state index is 12.2. The first-order valence-corrected chi connectivity index (χ1v) is 5.84. The Morgan fingerprint density at radius 2 is 1.29 bits per heavy atom. The third-order valence-electron chi connectivity index (χ3n) is 3.31. The van der Waals surface area contributed by atoms with E-state index in [-0.39, 0.29) is 10.8 Å². The second kappa shape index (κ2) is 4.95. The van der Waals surface area contributed by atoms with Crippen LogP contribution < -0.4 is 0 Å². The lowest BCUT2D eigenvalue weighted by atomic mass is 9.71. The van der Waals surface area contributed by atoms with E-state index >= 15 is 0 Å². The first kappa shape index (κ1) is 13.7. The van der Waals surface area contributed by atoms with Crippen LogP contribution in [0.1, 0.15) is 67.2 Å². The molecule has 0 rings (SSSR count). The molecule has 1 heteroatoms. The van der Waals surface area contributed by atoms with Crippen molar-refractivity contribution in [2.45, 2.75) is 67.2 Å². The molecule has 0 atom stereocenters. The molecule has 0 spiro atoms. The van der Waals surface area contributed by atoms with E-state index in [1.54, 1.807) is 0 Å². The van der Waals surface area contributed by atoms with E-state index in [0.717, 1.165) is 19.3 Å². The molecule has 84 valence electrons. The second-order valence-electron chi connectivity index (χ2n) is 5.50. The van der Waals surface area contributed by atoms with Gasteiger partial charge in [0.2, 0.25) is 0 Å². The average molecular weight is 198 g/mol. The molecule has 0 aliphatic heterocycles. The molecule has 0 saturated heterocycles. The summed E-state index contributed by atoms with van der Waals surface area (Å²) < 4.78 is 0. The highest BCUT2D eigenvalue weighted by atomic mass is 16.1. The summed E-state index contributed by atoms with van der Waals surface area (Å²) in [6.45, 7) is 12.8. The summed E-state index contributed by atoms with van der Waals surface area (Å²) in [6.07, 6.45) is 3.65. The smallest absolute Gasteiger partial charge is 0.139 e. The highest BCUT2D eigenvalue weighted by molar-refractivity contribution is 5.85. The van der Waals surface area contributed by atoms with Gasteiger partial charge in [-0.05, 0) is 24.7 Å². The third-order valence-corrected chi connectivity index (χ3v) is 3.31. The molecule has 0 fully saturated rings. The van der Waals surface area contributed by atoms with Crippen LogP contribution in [0.25, 0.3) is 0 Å². The van der Waals surface area contributed by atoms with Crippen molar-refractivity contribution in [3.63, 3.8) is 0 Å². The summed E-state index contributed by atoms with van der Waals surface area (Å²) in [5.41, 5.74) is 0.0785. The predicted octanol–water partition coefficient (Wildman–Crippen LogP) is 4.21. The molecule has 0 amide bonds. The lowest BCUT2D eigenvalue weighted by molar-refractivity contribution is -0.131. The Morgan fingerprint density at radius 1 is 0.929 bits per heavy atom. The second-order valence-corrected chi connectivity index (χ2v) is 5.50. The maximum absolute atomic E-state index is 12.2. The summed E-state index contributed by atoms with van der Waals surface area (Å²) in [6, 6.07) is 0. The van der Waals surface area contributed by atoms with E-state index in [2.05, 4.69) is 41.5 Å². The summed E-state index contributed by atoms with van der Waals surface area (Å²) in [5, 5.41) is 0. The Balaban J connectivity index is 4.61. The van der Waals surface area contributed by atoms with Gasteiger partial charge in [-0.1, -0.05) is 41.5 Å². The monoisotopic (exact) mass is 198 g/mol. The van der Waals surface area contributed by atoms with Gasteiger partial charge < -0.3 is 0 Å². The number of hydrogen-bond donors (Lipinski definition) is 0. The highest BCUT2D eigenvalue weighted by Gasteiger charge is 2.34. The van der Waals surface area contributed by atoms with Crippen molar-refractivity contribution < 1.29 is 4.79 Å². The van der Waals surface area contributed by atoms with Gasteiger partial charge in [-0.15, -0.1) is 0 Å². The van der Waals surface area contributed by atoms with Gasteiger partial charge in [-0.2, -0.15) is 0 Å². The number of Topliss-reactive ketones (excluding diaryl/α,β-unsaturated/α-hetero) is 1. The Morgan fingerprint density at radius 3 is 1.50 bits per heavy atom. The molecule has 0 aromatic carbocycles. The quantitative estimate of drug-likeness (QED) is 0.647. The largest absolute Gasteiger partial charge is 0.299 e. The van der Waals surface area contributed by atoms with Crippen molar-refractivity contribution in [3.05, 3.63) is 0 Å². The van der Waals surface area contributed by atoms with Crippen LogP contribution in [0.5, 0.6) is 0 Å². The van der Waals surface area contributed by atoms with Crippen LogP contribution in [0.15, 0.2) is 0 Å². The fourth-order valence-electron chi connectivity index (χ4n) is 2.01. The molecule has 1 nitrogen and oxygen atoms in total. The minimum absolute atomic E-state index is 0.0483. The highest BCUT2D eigenvalue weighted by Crippen LogP contribution is 2.35. The van der Waals surface area contributed by atoms with Crippen molar-refractivity contribution in [1.82, 2.24) is 0 Å². The Bertz CT molecular complexity index is 174. The Hall–Kier alpha value is -0.330. The lowest BCUT2D eigenvalue weighted by Gasteiger charge is -2.31. The van der Waals surface area contributed by atoms with Crippen LogP contribution in [0.3, 0.4) is 0 Å². The fraction of sp³-hybridized carbons (Fsp3) is 0.923. The molecular weight excluding hydrogens is 172 g/mol. The Kier molecular flexibility index (Phi) is 4.83. The van der Waals surface area contributed by atoms with E-state index in [9.17, 15) is 4.79 Å². The maximum Gasteiger partial charge on any atom is 0.139 e. The fourth-order valence-corrected chi connectivity index (χ4v) is 2.01. The van der Waals surface area contributed by atoms with Gasteiger partial charge in [-0.3, -0.25) is 4.79 Å². The minimum atomic E-state index is -0.0483. The number of ketones is 1. The number of hydrogen-bond acceptors (Lipinski definition) is 1. The van der Waals surface area contributed by atoms with Crippen LogP contribution in [0.4, 0.5) is 0 Å². The van der Waals surface area contributed by atoms with Crippen molar-refractivity contribution in [2.24, 2.45) is 10.8 Å². The molecule has 0 radical (unpaired) electrons. The normalized spacial score (nSPS) is 13.0. The van der Waals surface area contributed by atoms with Crippen molar-refractivity contribution in [1.29, 1.82) is 0 Å². The zero-order valence-electron chi connectivity index (χ0n) is 10.7. The SMILES string of the molecule is CCC(CC)(CC)C(=O)CC(C)(C)C. The molecule has 0 unspecified atom stereocenters. The molecule has 0 aromatic heterocycles. The van der Waals surface area contributed by atoms with Gasteiger partial charge >= 0.3 is 0 Å². The zero-order valence-corrected chi connectivity index (χ0v) is 10.7. The molecule has 0 saturated carbocycles. The number of rotatable bonds is 5. The molecule has 0 heterocycles. The van der Waals surface area contributed by atoms with Gasteiger partial charge in [0.05, 0.1) is 0 Å². The Labute approximate surface area is 89.3 Å². The van der Waals surface area contributed by atoms with Gasteiger partial charge in [0, 0.05) is 11.8 Å². The van der Waals surface area contributed by atoms with E-state index in [1.165, 1.54) is 0 Å². The van der Waals surface area contributed by atoms with Crippen LogP contribution in [0, 0.1) is 10.8 Å². The summed E-state index contributed by atoms with van der Waals surface area (Å²) in [5.74, 6) is 0.456. The molecule has 14 heavy (non-hydrogen) atoms. The molecule has 0 aliphatic rings. The standard InChI is InChI=1S/C13H26O/c1-7-13(8-2,9-3)11(14)10-12(4,5)6/h7-10H2,1-6H3. The van der Waals surface area contributed by atoms with Crippen molar-refractivity contribution >= 4 is 5.78 Å². The third kappa shape index (κ3) is 3.43. The molecule has 0 aromatic rings. The van der Waals surface area contributed by atoms with Gasteiger partial charge in [0.25, 0.3) is 0 Å². The first-order valence-electron chi connectivity index (χ1n) is 5.84. The summed E-state index contributed by atoms with van der Waals surface area (Å²) >= 11 is 0. The predicted molar refractivity (Wildman–Crippen MR) is 62.4 cm³/mol. The average Bonchev–Trinajstić information content (AvgIpc) is 2.05. The summed E-state index contributed by atoms with van der Waals surface area (Å²) in [4.78, 5) is 12.2. The van der Waals surface area contributed by atoms with Crippen LogP contribution in [0.2, 0.25) is 0 Å². The van der Waals surface area contributed by atoms with Crippen LogP contribution in [-0.4, -0.2) is 5.78 Å². The topological polar surface area (TPSA) is 17.1 Å². The van der Waals surface area contributed by atoms with E-state index < -0.39 is 0 Å². The van der Waals surface area contributed by atoms with Crippen molar-refractivity contribution in [2.75, 3.05) is 0 Å². The van der Waals surface area contributed by atoms with E-state index in [0.29, 0.717) is 12.2 Å². The van der Waals surface area contributed by atoms with Gasteiger partial charge in [0.15, 0.2) is 0 Å². The van der Waals surface area contributed by atoms with Gasteiger partial charge in [0.1, 0.15) is 5.78 Å². The molecule has 0 N–H and O–H groups in total. The van der Waals surface area contributed by atoms with Crippen LogP contribution in [-0.2, 0) is 4.79 Å². The number of carbonyl (C=O) groups is 1. The zero-order chi connectivity index (χ0) is 11.4. The molecule has 0 aliphatic carbocycles. The molecule has 0 bridgehead atoms. The van der Waals surface area contributed by atoms with E-state index in [1.807, 2.05) is 0 Å². The van der Waals surface area contributed by atoms with Crippen molar-refractivity contribution in [3.8, 4) is 0 Å². The molecular formula is C13H26O.